The highest BCUT2D eigenvalue weighted by atomic mass is 32.2. The third-order valence-corrected chi connectivity index (χ3v) is 7.86. The van der Waals surface area contributed by atoms with Crippen molar-refractivity contribution in [2.75, 3.05) is 26.2 Å². The lowest BCUT2D eigenvalue weighted by Gasteiger charge is -2.32. The van der Waals surface area contributed by atoms with Gasteiger partial charge in [-0.3, -0.25) is 15.8 Å². The Labute approximate surface area is 165 Å². The van der Waals surface area contributed by atoms with Crippen LogP contribution in [0.3, 0.4) is 0 Å². The quantitative estimate of drug-likeness (QED) is 0.795. The first-order valence-electron chi connectivity index (χ1n) is 9.68. The predicted octanol–water partition coefficient (Wildman–Crippen LogP) is 1.80. The van der Waals surface area contributed by atoms with Gasteiger partial charge in [-0.25, -0.2) is 17.1 Å². The van der Waals surface area contributed by atoms with Gasteiger partial charge < -0.3 is 0 Å². The molecule has 0 bridgehead atoms. The second kappa shape index (κ2) is 8.24. The minimum absolute atomic E-state index is 0.218. The Morgan fingerprint density at radius 2 is 1.75 bits per heavy atom. The molecule has 3 heterocycles. The molecule has 0 radical (unpaired) electrons. The molecule has 2 aromatic rings. The molecule has 2 aliphatic heterocycles. The van der Waals surface area contributed by atoms with Crippen LogP contribution in [0.4, 0.5) is 4.39 Å². The fraction of sp³-hybridized carbons (Fsp3) is 0.450. The van der Waals surface area contributed by atoms with Crippen molar-refractivity contribution in [1.82, 2.24) is 20.1 Å². The number of hydrogen-bond donors (Lipinski definition) is 2. The Hall–Kier alpha value is -1.87. The summed E-state index contributed by atoms with van der Waals surface area (Å²) < 4.78 is 41.0. The monoisotopic (exact) mass is 404 g/mol. The average Bonchev–Trinajstić information content (AvgIpc) is 3.26. The number of rotatable bonds is 5. The van der Waals surface area contributed by atoms with E-state index in [1.807, 2.05) is 24.3 Å². The zero-order valence-corrected chi connectivity index (χ0v) is 16.5. The fourth-order valence-corrected chi connectivity index (χ4v) is 5.66. The highest BCUT2D eigenvalue weighted by molar-refractivity contribution is 7.89. The van der Waals surface area contributed by atoms with Gasteiger partial charge in [-0.15, -0.1) is 0 Å². The molecule has 2 fully saturated rings. The molecule has 1 aromatic carbocycles. The lowest BCUT2D eigenvalue weighted by atomic mass is 9.94. The van der Waals surface area contributed by atoms with Gasteiger partial charge >= 0.3 is 0 Å². The van der Waals surface area contributed by atoms with Crippen molar-refractivity contribution in [1.29, 1.82) is 0 Å². The first kappa shape index (κ1) is 19.4. The Balaban J connectivity index is 1.41. The van der Waals surface area contributed by atoms with Crippen molar-refractivity contribution in [3.63, 3.8) is 0 Å². The molecule has 0 saturated carbocycles. The molecule has 1 aromatic heterocycles. The summed E-state index contributed by atoms with van der Waals surface area (Å²) in [6, 6.07) is 12.6. The summed E-state index contributed by atoms with van der Waals surface area (Å²) >= 11 is 0. The van der Waals surface area contributed by atoms with Crippen LogP contribution in [0.15, 0.2) is 42.5 Å². The number of piperidine rings is 1. The van der Waals surface area contributed by atoms with E-state index in [9.17, 15) is 12.8 Å². The molecular weight excluding hydrogens is 379 g/mol. The molecule has 150 valence electrons. The van der Waals surface area contributed by atoms with Gasteiger partial charge in [-0.05, 0) is 36.6 Å². The molecule has 28 heavy (non-hydrogen) atoms. The number of nitrogens with one attached hydrogen (secondary N) is 2. The first-order valence-corrected chi connectivity index (χ1v) is 11.2. The van der Waals surface area contributed by atoms with Crippen LogP contribution in [0.2, 0.25) is 0 Å². The number of halogens is 1. The zero-order chi connectivity index (χ0) is 19.6. The Morgan fingerprint density at radius 1 is 1.04 bits per heavy atom. The number of benzene rings is 1. The smallest absolute Gasteiger partial charge is 0.219 e. The molecule has 4 rings (SSSR count). The number of sulfonamides is 1. The maximum Gasteiger partial charge on any atom is 0.219 e. The number of pyridine rings is 1. The van der Waals surface area contributed by atoms with Crippen molar-refractivity contribution < 1.29 is 12.8 Å². The topological polar surface area (TPSA) is 74.3 Å². The van der Waals surface area contributed by atoms with Crippen molar-refractivity contribution in [2.45, 2.75) is 30.4 Å². The zero-order valence-electron chi connectivity index (χ0n) is 15.6. The molecule has 0 aliphatic carbocycles. The van der Waals surface area contributed by atoms with E-state index in [1.54, 1.807) is 16.4 Å². The van der Waals surface area contributed by atoms with Gasteiger partial charge in [-0.2, -0.15) is 0 Å². The Morgan fingerprint density at radius 3 is 2.46 bits per heavy atom. The summed E-state index contributed by atoms with van der Waals surface area (Å²) in [5.41, 5.74) is 8.21. The highest BCUT2D eigenvalue weighted by Crippen LogP contribution is 2.29. The molecule has 0 unspecified atom stereocenters. The van der Waals surface area contributed by atoms with Gasteiger partial charge in [0.15, 0.2) is 0 Å². The predicted molar refractivity (Wildman–Crippen MR) is 106 cm³/mol. The minimum atomic E-state index is -3.27. The normalized spacial score (nSPS) is 19.9. The van der Waals surface area contributed by atoms with Crippen molar-refractivity contribution in [3.05, 3.63) is 65.2 Å². The average molecular weight is 405 g/mol. The molecule has 0 atom stereocenters. The molecular formula is C20H25FN4O2S. The van der Waals surface area contributed by atoms with E-state index in [-0.39, 0.29) is 11.7 Å². The van der Waals surface area contributed by atoms with Crippen LogP contribution in [-0.2, 0) is 16.4 Å². The standard InChI is InChI=1S/C20H25FN4O2S/c21-19-6-2-1-4-16(19)12-17-5-3-7-20(24-17)15-8-10-25(11-9-15)28(26,27)18-13-22-23-14-18/h1-7,15,18,22-23H,8-14H2. The SMILES string of the molecule is O=S(=O)(C1CNNC1)N1CCC(c2cccc(Cc3ccccc3F)n2)CC1. The highest BCUT2D eigenvalue weighted by Gasteiger charge is 2.36. The summed E-state index contributed by atoms with van der Waals surface area (Å²) in [5, 5.41) is -0.397. The molecule has 8 heteroatoms. The molecule has 6 nitrogen and oxygen atoms in total. The first-order chi connectivity index (χ1) is 13.5. The maximum atomic E-state index is 13.9. The maximum absolute atomic E-state index is 13.9. The molecule has 0 spiro atoms. The van der Waals surface area contributed by atoms with Crippen LogP contribution in [0, 0.1) is 5.82 Å². The number of aromatic nitrogens is 1. The van der Waals surface area contributed by atoms with E-state index >= 15 is 0 Å². The van der Waals surface area contributed by atoms with Crippen LogP contribution in [0.1, 0.15) is 35.7 Å². The van der Waals surface area contributed by atoms with E-state index in [4.69, 9.17) is 4.98 Å². The van der Waals surface area contributed by atoms with Gasteiger partial charge in [0.1, 0.15) is 11.1 Å². The van der Waals surface area contributed by atoms with Crippen molar-refractivity contribution in [2.24, 2.45) is 0 Å². The van der Waals surface area contributed by atoms with Gasteiger partial charge in [-0.1, -0.05) is 24.3 Å². The van der Waals surface area contributed by atoms with Crippen molar-refractivity contribution in [3.8, 4) is 0 Å². The summed E-state index contributed by atoms with van der Waals surface area (Å²) in [7, 11) is -3.27. The van der Waals surface area contributed by atoms with Crippen LogP contribution < -0.4 is 10.9 Å². The minimum Gasteiger partial charge on any atom is -0.257 e. The largest absolute Gasteiger partial charge is 0.257 e. The van der Waals surface area contributed by atoms with Gasteiger partial charge in [0.25, 0.3) is 0 Å². The van der Waals surface area contributed by atoms with Crippen LogP contribution >= 0.6 is 0 Å². The molecule has 2 aliphatic rings. The summed E-state index contributed by atoms with van der Waals surface area (Å²) in [5.74, 6) is 0.0101. The number of hydrazine groups is 1. The van der Waals surface area contributed by atoms with Gasteiger partial charge in [0, 0.05) is 49.9 Å². The summed E-state index contributed by atoms with van der Waals surface area (Å²) in [6.07, 6.45) is 1.96. The third-order valence-electron chi connectivity index (χ3n) is 5.60. The third kappa shape index (κ3) is 4.10. The van der Waals surface area contributed by atoms with E-state index < -0.39 is 15.3 Å². The lowest BCUT2D eigenvalue weighted by molar-refractivity contribution is 0.314. The van der Waals surface area contributed by atoms with Gasteiger partial charge in [0.2, 0.25) is 10.0 Å². The van der Waals surface area contributed by atoms with E-state index in [0.717, 1.165) is 24.2 Å². The second-order valence-electron chi connectivity index (χ2n) is 7.42. The molecule has 0 amide bonds. The van der Waals surface area contributed by atoms with Crippen LogP contribution in [0.25, 0.3) is 0 Å². The van der Waals surface area contributed by atoms with Gasteiger partial charge in [0.05, 0.1) is 0 Å². The van der Waals surface area contributed by atoms with Crippen LogP contribution in [-0.4, -0.2) is 49.1 Å². The van der Waals surface area contributed by atoms with E-state index in [2.05, 4.69) is 10.9 Å². The lowest BCUT2D eigenvalue weighted by Crippen LogP contribution is -2.44. The number of nitrogens with zero attached hydrogens (tertiary/aromatic N) is 2. The summed E-state index contributed by atoms with van der Waals surface area (Å²) in [6.45, 7) is 1.93. The molecule has 2 saturated heterocycles. The van der Waals surface area contributed by atoms with E-state index in [1.165, 1.54) is 6.07 Å². The fourth-order valence-electron chi connectivity index (χ4n) is 3.93. The Kier molecular flexibility index (Phi) is 5.73. The van der Waals surface area contributed by atoms with Crippen LogP contribution in [0.5, 0.6) is 0 Å². The molecule has 2 N–H and O–H groups in total. The number of hydrogen-bond acceptors (Lipinski definition) is 5. The summed E-state index contributed by atoms with van der Waals surface area (Å²) in [4.78, 5) is 4.74. The Bertz CT molecular complexity index is 923. The van der Waals surface area contributed by atoms with E-state index in [0.29, 0.717) is 38.2 Å². The second-order valence-corrected chi connectivity index (χ2v) is 9.64. The van der Waals surface area contributed by atoms with Crippen molar-refractivity contribution >= 4 is 10.0 Å².